The van der Waals surface area contributed by atoms with Crippen molar-refractivity contribution in [1.82, 2.24) is 4.98 Å². The van der Waals surface area contributed by atoms with E-state index in [4.69, 9.17) is 9.47 Å². The van der Waals surface area contributed by atoms with Crippen molar-refractivity contribution in [3.8, 4) is 33.9 Å². The molecule has 5 rings (SSSR count). The minimum absolute atomic E-state index is 0.00310. The number of rotatable bonds is 9. The lowest BCUT2D eigenvalue weighted by Gasteiger charge is -2.10. The molecule has 0 atom stereocenters. The second-order valence-electron chi connectivity index (χ2n) is 8.67. The quantitative estimate of drug-likeness (QED) is 0.185. The Hall–Kier alpha value is -4.36. The Bertz CT molecular complexity index is 1650. The van der Waals surface area contributed by atoms with Gasteiger partial charge in [0.25, 0.3) is 0 Å². The zero-order valence-corrected chi connectivity index (χ0v) is 21.7. The van der Waals surface area contributed by atoms with Gasteiger partial charge in [0.1, 0.15) is 11.5 Å². The molecule has 0 spiro atoms. The van der Waals surface area contributed by atoms with Gasteiger partial charge in [-0.15, -0.1) is 11.3 Å². The smallest absolute Gasteiger partial charge is 0.181 e. The molecule has 0 radical (unpaired) electrons. The van der Waals surface area contributed by atoms with Crippen LogP contribution in [0.15, 0.2) is 84.2 Å². The number of thiophene rings is 1. The van der Waals surface area contributed by atoms with Crippen LogP contribution in [0.3, 0.4) is 0 Å². The molecule has 3 aromatic carbocycles. The van der Waals surface area contributed by atoms with Gasteiger partial charge >= 0.3 is 0 Å². The van der Waals surface area contributed by atoms with Crippen molar-refractivity contribution in [1.29, 1.82) is 0 Å². The molecule has 0 saturated carbocycles. The van der Waals surface area contributed by atoms with Gasteiger partial charge in [0, 0.05) is 34.7 Å². The number of ether oxygens (including phenoxy) is 2. The highest BCUT2D eigenvalue weighted by Gasteiger charge is 2.18. The predicted octanol–water partition coefficient (Wildman–Crippen LogP) is 7.63. The molecular weight excluding hydrogens is 501 g/mol. The van der Waals surface area contributed by atoms with Crippen molar-refractivity contribution >= 4 is 33.0 Å². The van der Waals surface area contributed by atoms with Crippen LogP contribution in [0.1, 0.15) is 33.7 Å². The number of nitrogens with zero attached hydrogens (tertiary/aromatic N) is 1. The maximum Gasteiger partial charge on any atom is 0.181 e. The van der Waals surface area contributed by atoms with E-state index in [2.05, 4.69) is 4.98 Å². The minimum Gasteiger partial charge on any atom is -0.493 e. The zero-order valence-electron chi connectivity index (χ0n) is 20.9. The molecule has 0 amide bonds. The Kier molecular flexibility index (Phi) is 7.29. The first-order valence-corrected chi connectivity index (χ1v) is 12.9. The first-order valence-electron chi connectivity index (χ1n) is 12.0. The molecule has 0 aliphatic heterocycles. The summed E-state index contributed by atoms with van der Waals surface area (Å²) >= 11 is 1.30. The number of pyridine rings is 1. The van der Waals surface area contributed by atoms with Crippen molar-refractivity contribution in [2.45, 2.75) is 12.8 Å². The first-order chi connectivity index (χ1) is 18.5. The van der Waals surface area contributed by atoms with Gasteiger partial charge in [-0.1, -0.05) is 42.5 Å². The van der Waals surface area contributed by atoms with Crippen molar-refractivity contribution in [3.63, 3.8) is 0 Å². The Morgan fingerprint density at radius 1 is 0.816 bits per heavy atom. The van der Waals surface area contributed by atoms with Crippen LogP contribution in [0.4, 0.5) is 4.39 Å². The molecular formula is C31H24FNO4S. The zero-order chi connectivity index (χ0) is 26.6. The van der Waals surface area contributed by atoms with Gasteiger partial charge in [0.05, 0.1) is 24.6 Å². The van der Waals surface area contributed by atoms with Gasteiger partial charge in [-0.3, -0.25) is 9.59 Å². The first kappa shape index (κ1) is 25.3. The van der Waals surface area contributed by atoms with Gasteiger partial charge in [-0.25, -0.2) is 9.37 Å². The van der Waals surface area contributed by atoms with E-state index in [9.17, 15) is 14.0 Å². The number of carbonyl (C=O) groups excluding carboxylic acids is 2. The lowest BCUT2D eigenvalue weighted by atomic mass is 9.99. The lowest BCUT2D eigenvalue weighted by molar-refractivity contribution is 0.0915. The minimum atomic E-state index is -0.289. The highest BCUT2D eigenvalue weighted by atomic mass is 32.1. The van der Waals surface area contributed by atoms with Crippen LogP contribution in [0.2, 0.25) is 0 Å². The summed E-state index contributed by atoms with van der Waals surface area (Å²) in [5, 5.41) is 2.61. The number of halogens is 1. The number of fused-ring (bicyclic) bond motifs is 1. The third kappa shape index (κ3) is 5.06. The summed E-state index contributed by atoms with van der Waals surface area (Å²) in [6.07, 6.45) is 0.0182. The third-order valence-electron chi connectivity index (χ3n) is 6.33. The molecule has 0 unspecified atom stereocenters. The van der Waals surface area contributed by atoms with E-state index in [1.165, 1.54) is 31.6 Å². The number of methoxy groups -OCH3 is 2. The summed E-state index contributed by atoms with van der Waals surface area (Å²) in [5.41, 5.74) is 3.79. The van der Waals surface area contributed by atoms with Gasteiger partial charge in [0.15, 0.2) is 23.1 Å². The van der Waals surface area contributed by atoms with Crippen LogP contribution in [0.5, 0.6) is 11.5 Å². The Morgan fingerprint density at radius 2 is 1.58 bits per heavy atom. The van der Waals surface area contributed by atoms with E-state index < -0.39 is 0 Å². The molecule has 0 N–H and O–H groups in total. The van der Waals surface area contributed by atoms with E-state index in [1.54, 1.807) is 30.3 Å². The predicted molar refractivity (Wildman–Crippen MR) is 148 cm³/mol. The maximum absolute atomic E-state index is 14.4. The number of hydrogen-bond acceptors (Lipinski definition) is 6. The molecule has 0 fully saturated rings. The van der Waals surface area contributed by atoms with Crippen LogP contribution in [0.25, 0.3) is 32.5 Å². The van der Waals surface area contributed by atoms with Crippen molar-refractivity contribution in [2.24, 2.45) is 0 Å². The molecule has 7 heteroatoms. The molecule has 0 saturated heterocycles. The van der Waals surface area contributed by atoms with Crippen molar-refractivity contribution in [2.75, 3.05) is 14.2 Å². The van der Waals surface area contributed by atoms with Gasteiger partial charge < -0.3 is 9.47 Å². The van der Waals surface area contributed by atoms with Crippen LogP contribution in [0, 0.1) is 5.82 Å². The highest BCUT2D eigenvalue weighted by molar-refractivity contribution is 7.17. The van der Waals surface area contributed by atoms with Gasteiger partial charge in [-0.05, 0) is 47.5 Å². The molecule has 0 bridgehead atoms. The number of Topliss-reactive ketones (excluding diaryl/α,β-unsaturated/α-hetero) is 2. The maximum atomic E-state index is 14.4. The molecule has 0 aliphatic carbocycles. The van der Waals surface area contributed by atoms with Gasteiger partial charge in [0.2, 0.25) is 0 Å². The number of benzene rings is 3. The van der Waals surface area contributed by atoms with E-state index in [1.807, 2.05) is 47.8 Å². The molecule has 0 aliphatic rings. The molecule has 5 nitrogen and oxygen atoms in total. The molecule has 5 aromatic rings. The fraction of sp³-hybridized carbons (Fsp3) is 0.129. The van der Waals surface area contributed by atoms with Crippen molar-refractivity contribution in [3.05, 3.63) is 101 Å². The van der Waals surface area contributed by atoms with Crippen LogP contribution in [-0.4, -0.2) is 30.8 Å². The van der Waals surface area contributed by atoms with E-state index in [0.29, 0.717) is 27.5 Å². The number of aromatic nitrogens is 1. The number of carbonyl (C=O) groups is 2. The standard InChI is InChI=1S/C31H24FNO4S/c1-36-29-14-11-20(17-30(29)37-2)27(34)12-13-28(35)26-16-21(19-7-4-3-5-8-19)15-25(33-26)23-18-38-31-22(23)9-6-10-24(31)32/h3-11,14-18H,12-13H2,1-2H3. The average Bonchev–Trinajstić information content (AvgIpc) is 3.41. The fourth-order valence-corrected chi connectivity index (χ4v) is 5.31. The molecule has 2 aromatic heterocycles. The average molecular weight is 526 g/mol. The molecule has 2 heterocycles. The molecule has 190 valence electrons. The summed E-state index contributed by atoms with van der Waals surface area (Å²) in [7, 11) is 3.03. The topological polar surface area (TPSA) is 65.5 Å². The van der Waals surface area contributed by atoms with E-state index in [-0.39, 0.29) is 35.9 Å². The normalized spacial score (nSPS) is 10.9. The second-order valence-corrected chi connectivity index (χ2v) is 9.55. The number of hydrogen-bond donors (Lipinski definition) is 0. The Balaban J connectivity index is 1.46. The van der Waals surface area contributed by atoms with Gasteiger partial charge in [-0.2, -0.15) is 0 Å². The second kappa shape index (κ2) is 10.9. The van der Waals surface area contributed by atoms with Crippen LogP contribution in [-0.2, 0) is 0 Å². The summed E-state index contributed by atoms with van der Waals surface area (Å²) in [5.74, 6) is 0.256. The van der Waals surface area contributed by atoms with E-state index >= 15 is 0 Å². The van der Waals surface area contributed by atoms with Crippen molar-refractivity contribution < 1.29 is 23.5 Å². The third-order valence-corrected chi connectivity index (χ3v) is 7.33. The summed E-state index contributed by atoms with van der Waals surface area (Å²) in [6, 6.07) is 23.2. The lowest BCUT2D eigenvalue weighted by Crippen LogP contribution is -2.08. The highest BCUT2D eigenvalue weighted by Crippen LogP contribution is 2.36. The van der Waals surface area contributed by atoms with Crippen LogP contribution < -0.4 is 9.47 Å². The summed E-state index contributed by atoms with van der Waals surface area (Å²) < 4.78 is 25.4. The van der Waals surface area contributed by atoms with E-state index in [0.717, 1.165) is 22.1 Å². The number of ketones is 2. The van der Waals surface area contributed by atoms with Crippen LogP contribution >= 0.6 is 11.3 Å². The monoisotopic (exact) mass is 525 g/mol. The summed E-state index contributed by atoms with van der Waals surface area (Å²) in [6.45, 7) is 0. The SMILES string of the molecule is COc1ccc(C(=O)CCC(=O)c2cc(-c3ccccc3)cc(-c3csc4c(F)cccc34)n2)cc1OC. The Morgan fingerprint density at radius 3 is 2.34 bits per heavy atom. The largest absolute Gasteiger partial charge is 0.493 e. The Labute approximate surface area is 223 Å². The molecule has 38 heavy (non-hydrogen) atoms. The summed E-state index contributed by atoms with van der Waals surface area (Å²) in [4.78, 5) is 30.8. The fourth-order valence-electron chi connectivity index (χ4n) is 4.34.